The summed E-state index contributed by atoms with van der Waals surface area (Å²) in [6, 6.07) is 3.99. The van der Waals surface area contributed by atoms with Gasteiger partial charge in [-0.3, -0.25) is 4.79 Å². The maximum absolute atomic E-state index is 12.9. The molecule has 1 N–H and O–H groups in total. The summed E-state index contributed by atoms with van der Waals surface area (Å²) in [5.41, 5.74) is 6.00. The predicted octanol–water partition coefficient (Wildman–Crippen LogP) is 5.71. The Morgan fingerprint density at radius 3 is 2.44 bits per heavy atom. The molecule has 0 spiro atoms. The van der Waals surface area contributed by atoms with Crippen molar-refractivity contribution in [2.45, 2.75) is 66.7 Å². The molecule has 0 saturated heterocycles. The first kappa shape index (κ1) is 18.2. The number of carbonyl (C=O) groups is 1. The first-order chi connectivity index (χ1) is 11.7. The van der Waals surface area contributed by atoms with Crippen molar-refractivity contribution >= 4 is 17.1 Å². The number of hydrogen-bond acceptors (Lipinski definition) is 3. The summed E-state index contributed by atoms with van der Waals surface area (Å²) in [5.74, 6) is 0.637. The van der Waals surface area contributed by atoms with Crippen LogP contribution >= 0.6 is 11.3 Å². The average molecular weight is 357 g/mol. The maximum Gasteiger partial charge on any atom is 0.173 e. The molecule has 0 bridgehead atoms. The zero-order chi connectivity index (χ0) is 18.4. The third-order valence-electron chi connectivity index (χ3n) is 5.47. The van der Waals surface area contributed by atoms with Crippen molar-refractivity contribution in [1.29, 1.82) is 0 Å². The highest BCUT2D eigenvalue weighted by Crippen LogP contribution is 2.41. The largest absolute Gasteiger partial charge is 0.507 e. The van der Waals surface area contributed by atoms with Crippen molar-refractivity contribution in [3.63, 3.8) is 0 Å². The highest BCUT2D eigenvalue weighted by atomic mass is 32.1. The monoisotopic (exact) mass is 356 g/mol. The van der Waals surface area contributed by atoms with Crippen molar-refractivity contribution in [3.05, 3.63) is 49.7 Å². The number of carbonyl (C=O) groups excluding carboxylic acids is 1. The zero-order valence-corrected chi connectivity index (χ0v) is 16.8. The van der Waals surface area contributed by atoms with Gasteiger partial charge < -0.3 is 5.11 Å². The summed E-state index contributed by atoms with van der Waals surface area (Å²) < 4.78 is 0. The third-order valence-corrected chi connectivity index (χ3v) is 6.70. The molecule has 2 aromatic rings. The van der Waals surface area contributed by atoms with Gasteiger partial charge >= 0.3 is 0 Å². The molecule has 1 aliphatic rings. The lowest BCUT2D eigenvalue weighted by Crippen LogP contribution is -2.22. The minimum Gasteiger partial charge on any atom is -0.507 e. The number of aryl methyl sites for hydroxylation is 4. The fraction of sp³-hybridized carbons (Fsp3) is 0.500. The molecule has 1 aromatic heterocycles. The van der Waals surface area contributed by atoms with E-state index in [-0.39, 0.29) is 5.78 Å². The molecule has 0 radical (unpaired) electrons. The lowest BCUT2D eigenvalue weighted by molar-refractivity contribution is 0.0985. The smallest absolute Gasteiger partial charge is 0.173 e. The van der Waals surface area contributed by atoms with Crippen molar-refractivity contribution < 1.29 is 9.90 Å². The fourth-order valence-electron chi connectivity index (χ4n) is 3.94. The molecule has 2 nitrogen and oxygen atoms in total. The molecule has 0 amide bonds. The van der Waals surface area contributed by atoms with Gasteiger partial charge in [0.05, 0.1) is 4.88 Å². The summed E-state index contributed by atoms with van der Waals surface area (Å²) in [6.07, 6.45) is 4.56. The summed E-state index contributed by atoms with van der Waals surface area (Å²) in [6.45, 7) is 10.6. The second-order valence-electron chi connectivity index (χ2n) is 8.29. The summed E-state index contributed by atoms with van der Waals surface area (Å²) in [7, 11) is 0. The van der Waals surface area contributed by atoms with Gasteiger partial charge in [-0.1, -0.05) is 26.0 Å². The fourth-order valence-corrected chi connectivity index (χ4v) is 5.13. The summed E-state index contributed by atoms with van der Waals surface area (Å²) >= 11 is 1.69. The van der Waals surface area contributed by atoms with E-state index in [2.05, 4.69) is 20.8 Å². The zero-order valence-electron chi connectivity index (χ0n) is 16.0. The molecular formula is C22H28O2S. The van der Waals surface area contributed by atoms with Crippen LogP contribution in [0.4, 0.5) is 0 Å². The highest BCUT2D eigenvalue weighted by molar-refractivity contribution is 7.14. The summed E-state index contributed by atoms with van der Waals surface area (Å²) in [4.78, 5) is 15.2. The topological polar surface area (TPSA) is 37.3 Å². The first-order valence-electron chi connectivity index (χ1n) is 9.11. The number of rotatable bonds is 4. The third kappa shape index (κ3) is 3.67. The maximum atomic E-state index is 12.9. The molecule has 0 saturated carbocycles. The van der Waals surface area contributed by atoms with E-state index < -0.39 is 0 Å². The van der Waals surface area contributed by atoms with Crippen LogP contribution in [0, 0.1) is 26.2 Å². The molecular weight excluding hydrogens is 328 g/mol. The van der Waals surface area contributed by atoms with E-state index in [9.17, 15) is 9.90 Å². The van der Waals surface area contributed by atoms with Gasteiger partial charge in [-0.05, 0) is 79.7 Å². The van der Waals surface area contributed by atoms with Crippen molar-refractivity contribution in [2.75, 3.05) is 0 Å². The SMILES string of the molecule is Cc1cc(CCC(=O)c2sc(C)c3c2CCC(C)(C)C3)cc(C)c1O. The Labute approximate surface area is 154 Å². The average Bonchev–Trinajstić information content (AvgIpc) is 2.85. The van der Waals surface area contributed by atoms with Gasteiger partial charge in [-0.25, -0.2) is 0 Å². The van der Waals surface area contributed by atoms with Gasteiger partial charge in [0.25, 0.3) is 0 Å². The van der Waals surface area contributed by atoms with Crippen LogP contribution in [-0.2, 0) is 19.3 Å². The molecule has 1 heterocycles. The number of ketones is 1. The number of benzene rings is 1. The van der Waals surface area contributed by atoms with Gasteiger partial charge in [0.1, 0.15) is 5.75 Å². The Bertz CT molecular complexity index is 804. The quantitative estimate of drug-likeness (QED) is 0.713. The van der Waals surface area contributed by atoms with Crippen LogP contribution in [0.3, 0.4) is 0 Å². The van der Waals surface area contributed by atoms with E-state index in [0.29, 0.717) is 17.6 Å². The Morgan fingerprint density at radius 2 is 1.80 bits per heavy atom. The van der Waals surface area contributed by atoms with Crippen molar-refractivity contribution in [2.24, 2.45) is 5.41 Å². The van der Waals surface area contributed by atoms with Gasteiger partial charge in [0.15, 0.2) is 5.78 Å². The van der Waals surface area contributed by atoms with Gasteiger partial charge in [-0.2, -0.15) is 0 Å². The molecule has 134 valence electrons. The Hall–Kier alpha value is -1.61. The molecule has 0 atom stereocenters. The van der Waals surface area contributed by atoms with Crippen LogP contribution in [0.2, 0.25) is 0 Å². The number of hydrogen-bond donors (Lipinski definition) is 1. The number of phenolic OH excluding ortho intramolecular Hbond substituents is 1. The number of thiophene rings is 1. The van der Waals surface area contributed by atoms with Gasteiger partial charge in [0, 0.05) is 11.3 Å². The Kier molecular flexibility index (Phi) is 4.80. The van der Waals surface area contributed by atoms with Crippen LogP contribution in [0.25, 0.3) is 0 Å². The lowest BCUT2D eigenvalue weighted by Gasteiger charge is -2.30. The first-order valence-corrected chi connectivity index (χ1v) is 9.93. The Balaban J connectivity index is 1.77. The van der Waals surface area contributed by atoms with Crippen molar-refractivity contribution in [1.82, 2.24) is 0 Å². The van der Waals surface area contributed by atoms with E-state index in [4.69, 9.17) is 0 Å². The minimum atomic E-state index is 0.275. The van der Waals surface area contributed by atoms with E-state index >= 15 is 0 Å². The molecule has 3 heteroatoms. The standard InChI is InChI=1S/C22H28O2S/c1-13-10-16(11-14(2)20(13)24)6-7-19(23)21-17-8-9-22(4,5)12-18(17)15(3)25-21/h10-11,24H,6-9,12H2,1-5H3. The number of aromatic hydroxyl groups is 1. The highest BCUT2D eigenvalue weighted by Gasteiger charge is 2.31. The number of fused-ring (bicyclic) bond motifs is 1. The molecule has 25 heavy (non-hydrogen) atoms. The van der Waals surface area contributed by atoms with E-state index in [1.165, 1.54) is 16.0 Å². The van der Waals surface area contributed by atoms with E-state index in [1.807, 2.05) is 26.0 Å². The second-order valence-corrected chi connectivity index (χ2v) is 9.51. The lowest BCUT2D eigenvalue weighted by atomic mass is 9.74. The van der Waals surface area contributed by atoms with Crippen molar-refractivity contribution in [3.8, 4) is 5.75 Å². The van der Waals surface area contributed by atoms with Crippen LogP contribution in [-0.4, -0.2) is 10.9 Å². The Morgan fingerprint density at radius 1 is 1.16 bits per heavy atom. The van der Waals surface area contributed by atoms with E-state index in [0.717, 1.165) is 47.3 Å². The molecule has 1 aromatic carbocycles. The number of phenols is 1. The van der Waals surface area contributed by atoms with E-state index in [1.54, 1.807) is 11.3 Å². The normalized spacial score (nSPS) is 15.9. The van der Waals surface area contributed by atoms with Gasteiger partial charge in [-0.15, -0.1) is 11.3 Å². The molecule has 1 aliphatic carbocycles. The van der Waals surface area contributed by atoms with Crippen LogP contribution in [0.5, 0.6) is 5.75 Å². The minimum absolute atomic E-state index is 0.275. The van der Waals surface area contributed by atoms with Crippen LogP contribution in [0.15, 0.2) is 12.1 Å². The predicted molar refractivity (Wildman–Crippen MR) is 105 cm³/mol. The van der Waals surface area contributed by atoms with Crippen LogP contribution in [0.1, 0.15) is 69.1 Å². The van der Waals surface area contributed by atoms with Crippen LogP contribution < -0.4 is 0 Å². The molecule has 0 fully saturated rings. The number of Topliss-reactive ketones (excluding diaryl/α,β-unsaturated/α-hetero) is 1. The van der Waals surface area contributed by atoms with Gasteiger partial charge in [0.2, 0.25) is 0 Å². The summed E-state index contributed by atoms with van der Waals surface area (Å²) in [5, 5.41) is 9.90. The second kappa shape index (κ2) is 6.60. The molecule has 0 aliphatic heterocycles. The molecule has 0 unspecified atom stereocenters. The molecule has 3 rings (SSSR count).